The van der Waals surface area contributed by atoms with E-state index in [2.05, 4.69) is 10.1 Å². The van der Waals surface area contributed by atoms with Crippen LogP contribution in [0.2, 0.25) is 0 Å². The standard InChI is InChI=1S/C16H16F3N3O5/c1-27-14(25)11-8-22(6-7-23)13(24)12(11)20-9-2-4-10(5-3-9)21-15(26)16(17,18)19/h2-5,20,23H,6-8H2,1H3,(H,21,26). The number of alkyl halides is 3. The van der Waals surface area contributed by atoms with E-state index in [0.29, 0.717) is 5.69 Å². The van der Waals surface area contributed by atoms with Gasteiger partial charge in [-0.25, -0.2) is 4.79 Å². The number of β-amino-alcohol motifs (C(OH)–C–C–N with tert-alkyl or cyclic N) is 1. The summed E-state index contributed by atoms with van der Waals surface area (Å²) in [7, 11) is 1.16. The number of methoxy groups -OCH3 is 1. The second kappa shape index (κ2) is 8.08. The van der Waals surface area contributed by atoms with E-state index in [9.17, 15) is 27.6 Å². The molecule has 8 nitrogen and oxygen atoms in total. The van der Waals surface area contributed by atoms with E-state index in [0.717, 1.165) is 7.11 Å². The van der Waals surface area contributed by atoms with Crippen LogP contribution < -0.4 is 10.6 Å². The Labute approximate surface area is 151 Å². The van der Waals surface area contributed by atoms with Gasteiger partial charge >= 0.3 is 18.1 Å². The maximum Gasteiger partial charge on any atom is 0.471 e. The predicted molar refractivity (Wildman–Crippen MR) is 87.5 cm³/mol. The van der Waals surface area contributed by atoms with Crippen molar-refractivity contribution in [2.45, 2.75) is 6.18 Å². The third kappa shape index (κ3) is 4.76. The number of nitrogens with zero attached hydrogens (tertiary/aromatic N) is 1. The molecule has 1 aliphatic rings. The molecule has 0 saturated carbocycles. The number of hydrogen-bond acceptors (Lipinski definition) is 6. The Hall–Kier alpha value is -3.08. The molecule has 0 fully saturated rings. The van der Waals surface area contributed by atoms with Gasteiger partial charge in [-0.3, -0.25) is 9.59 Å². The molecule has 0 radical (unpaired) electrons. The fourth-order valence-corrected chi connectivity index (χ4v) is 2.33. The highest BCUT2D eigenvalue weighted by atomic mass is 19.4. The molecule has 0 saturated heterocycles. The SMILES string of the molecule is COC(=O)C1=C(Nc2ccc(NC(=O)C(F)(F)F)cc2)C(=O)N(CCO)C1. The second-order valence-corrected chi connectivity index (χ2v) is 5.45. The number of esters is 1. The first-order valence-electron chi connectivity index (χ1n) is 7.64. The van der Waals surface area contributed by atoms with E-state index in [4.69, 9.17) is 5.11 Å². The van der Waals surface area contributed by atoms with Gasteiger partial charge in [0.2, 0.25) is 0 Å². The molecular weight excluding hydrogens is 371 g/mol. The Bertz CT molecular complexity index is 775. The van der Waals surface area contributed by atoms with Crippen molar-refractivity contribution < 1.29 is 37.4 Å². The number of aliphatic hydroxyl groups excluding tert-OH is 1. The maximum atomic E-state index is 12.4. The minimum atomic E-state index is -5.01. The van der Waals surface area contributed by atoms with Gasteiger partial charge in [0, 0.05) is 17.9 Å². The minimum Gasteiger partial charge on any atom is -0.466 e. The van der Waals surface area contributed by atoms with Gasteiger partial charge in [0.1, 0.15) is 5.70 Å². The van der Waals surface area contributed by atoms with Crippen LogP contribution in [0.15, 0.2) is 35.5 Å². The molecule has 0 aromatic heterocycles. The van der Waals surface area contributed by atoms with E-state index in [1.807, 2.05) is 0 Å². The van der Waals surface area contributed by atoms with Crippen LogP contribution in [0.4, 0.5) is 24.5 Å². The topological polar surface area (TPSA) is 108 Å². The lowest BCUT2D eigenvalue weighted by atomic mass is 10.2. The van der Waals surface area contributed by atoms with E-state index < -0.39 is 24.0 Å². The molecule has 0 spiro atoms. The smallest absolute Gasteiger partial charge is 0.466 e. The molecule has 146 valence electrons. The summed E-state index contributed by atoms with van der Waals surface area (Å²) in [6.45, 7) is -0.317. The Morgan fingerprint density at radius 1 is 1.22 bits per heavy atom. The molecule has 2 rings (SSSR count). The Balaban J connectivity index is 2.17. The maximum absolute atomic E-state index is 12.4. The molecule has 1 heterocycles. The number of anilines is 2. The number of amides is 2. The van der Waals surface area contributed by atoms with Gasteiger partial charge < -0.3 is 25.4 Å². The summed E-state index contributed by atoms with van der Waals surface area (Å²) < 4.78 is 41.4. The lowest BCUT2D eigenvalue weighted by Crippen LogP contribution is -2.31. The highest BCUT2D eigenvalue weighted by Crippen LogP contribution is 2.24. The molecule has 0 unspecified atom stereocenters. The third-order valence-corrected chi connectivity index (χ3v) is 3.62. The zero-order valence-corrected chi connectivity index (χ0v) is 14.1. The van der Waals surface area contributed by atoms with Crippen molar-refractivity contribution in [2.75, 3.05) is 37.4 Å². The van der Waals surface area contributed by atoms with Crippen LogP contribution in [0.1, 0.15) is 0 Å². The normalized spacial score (nSPS) is 14.4. The number of halogens is 3. The molecule has 0 bridgehead atoms. The number of carbonyl (C=O) groups is 3. The lowest BCUT2D eigenvalue weighted by Gasteiger charge is -2.15. The largest absolute Gasteiger partial charge is 0.471 e. The molecule has 27 heavy (non-hydrogen) atoms. The number of rotatable bonds is 6. The highest BCUT2D eigenvalue weighted by Gasteiger charge is 2.38. The van der Waals surface area contributed by atoms with Gasteiger partial charge in [-0.15, -0.1) is 0 Å². The molecule has 1 aromatic rings. The molecule has 3 N–H and O–H groups in total. The van der Waals surface area contributed by atoms with Crippen molar-refractivity contribution in [1.82, 2.24) is 4.90 Å². The molecule has 1 aliphatic heterocycles. The van der Waals surface area contributed by atoms with Crippen LogP contribution in [-0.2, 0) is 19.1 Å². The van der Waals surface area contributed by atoms with Crippen LogP contribution >= 0.6 is 0 Å². The fourth-order valence-electron chi connectivity index (χ4n) is 2.33. The van der Waals surface area contributed by atoms with Crippen molar-refractivity contribution in [3.63, 3.8) is 0 Å². The summed E-state index contributed by atoms with van der Waals surface area (Å²) >= 11 is 0. The number of benzene rings is 1. The van der Waals surface area contributed by atoms with E-state index in [1.54, 1.807) is 5.32 Å². The monoisotopic (exact) mass is 387 g/mol. The van der Waals surface area contributed by atoms with Crippen LogP contribution in [0.3, 0.4) is 0 Å². The first kappa shape index (κ1) is 20.2. The summed E-state index contributed by atoms with van der Waals surface area (Å²) in [6, 6.07) is 5.07. The Kier molecular flexibility index (Phi) is 6.05. The van der Waals surface area contributed by atoms with Crippen LogP contribution in [-0.4, -0.2) is 60.8 Å². The summed E-state index contributed by atoms with van der Waals surface area (Å²) in [5.41, 5.74) is 0.216. The summed E-state index contributed by atoms with van der Waals surface area (Å²) in [4.78, 5) is 36.4. The molecule has 2 amide bonds. The summed E-state index contributed by atoms with van der Waals surface area (Å²) in [5, 5.41) is 13.4. The first-order chi connectivity index (χ1) is 12.7. The zero-order chi connectivity index (χ0) is 20.2. The molecule has 11 heteroatoms. The lowest BCUT2D eigenvalue weighted by molar-refractivity contribution is -0.167. The zero-order valence-electron chi connectivity index (χ0n) is 14.1. The summed E-state index contributed by atoms with van der Waals surface area (Å²) in [5.74, 6) is -3.36. The van der Waals surface area contributed by atoms with Crippen LogP contribution in [0, 0.1) is 0 Å². The van der Waals surface area contributed by atoms with Crippen molar-refractivity contribution in [3.05, 3.63) is 35.5 Å². The predicted octanol–water partition coefficient (Wildman–Crippen LogP) is 0.861. The summed E-state index contributed by atoms with van der Waals surface area (Å²) in [6.07, 6.45) is -5.01. The van der Waals surface area contributed by atoms with Crippen molar-refractivity contribution in [1.29, 1.82) is 0 Å². The van der Waals surface area contributed by atoms with Crippen LogP contribution in [0.5, 0.6) is 0 Å². The Morgan fingerprint density at radius 3 is 2.33 bits per heavy atom. The van der Waals surface area contributed by atoms with Gasteiger partial charge in [0.25, 0.3) is 5.91 Å². The van der Waals surface area contributed by atoms with Gasteiger partial charge in [-0.2, -0.15) is 13.2 Å². The van der Waals surface area contributed by atoms with Crippen molar-refractivity contribution in [3.8, 4) is 0 Å². The fraction of sp³-hybridized carbons (Fsp3) is 0.312. The van der Waals surface area contributed by atoms with Gasteiger partial charge in [0.05, 0.1) is 25.8 Å². The number of carbonyl (C=O) groups excluding carboxylic acids is 3. The third-order valence-electron chi connectivity index (χ3n) is 3.62. The first-order valence-corrected chi connectivity index (χ1v) is 7.64. The number of aliphatic hydroxyl groups is 1. The second-order valence-electron chi connectivity index (χ2n) is 5.45. The van der Waals surface area contributed by atoms with Crippen molar-refractivity contribution in [2.24, 2.45) is 0 Å². The molecule has 1 aromatic carbocycles. The van der Waals surface area contributed by atoms with E-state index in [-0.39, 0.29) is 36.7 Å². The Morgan fingerprint density at radius 2 is 1.81 bits per heavy atom. The number of ether oxygens (including phenoxy) is 1. The highest BCUT2D eigenvalue weighted by molar-refractivity contribution is 6.08. The average Bonchev–Trinajstić information content (AvgIpc) is 2.92. The van der Waals surface area contributed by atoms with Gasteiger partial charge in [0.15, 0.2) is 0 Å². The number of nitrogens with one attached hydrogen (secondary N) is 2. The quantitative estimate of drug-likeness (QED) is 0.625. The van der Waals surface area contributed by atoms with E-state index >= 15 is 0 Å². The van der Waals surface area contributed by atoms with E-state index in [1.165, 1.54) is 29.2 Å². The van der Waals surface area contributed by atoms with Crippen LogP contribution in [0.25, 0.3) is 0 Å². The average molecular weight is 387 g/mol. The molecular formula is C16H16F3N3O5. The van der Waals surface area contributed by atoms with Gasteiger partial charge in [-0.1, -0.05) is 0 Å². The number of hydrogen-bond donors (Lipinski definition) is 3. The van der Waals surface area contributed by atoms with Gasteiger partial charge in [-0.05, 0) is 24.3 Å². The molecule has 0 atom stereocenters. The van der Waals surface area contributed by atoms with Crippen molar-refractivity contribution >= 4 is 29.2 Å². The molecule has 0 aliphatic carbocycles. The minimum absolute atomic E-state index is 0.0208.